The lowest BCUT2D eigenvalue weighted by Crippen LogP contribution is -2.38. The van der Waals surface area contributed by atoms with Gasteiger partial charge in [-0.05, 0) is 43.2 Å². The second kappa shape index (κ2) is 7.27. The first-order chi connectivity index (χ1) is 12.7. The molecule has 0 N–H and O–H groups in total. The number of amides is 1. The average molecular weight is 353 g/mol. The zero-order valence-electron chi connectivity index (χ0n) is 14.7. The summed E-state index contributed by atoms with van der Waals surface area (Å²) in [5, 5.41) is 11.4. The highest BCUT2D eigenvalue weighted by molar-refractivity contribution is 5.93. The number of carbonyl (C=O) groups is 1. The third-order valence-corrected chi connectivity index (χ3v) is 5.58. The number of likely N-dealkylation sites (tertiary alicyclic amines) is 1. The monoisotopic (exact) mass is 353 g/mol. The van der Waals surface area contributed by atoms with Gasteiger partial charge in [-0.1, -0.05) is 0 Å². The molecule has 0 bridgehead atoms. The average Bonchev–Trinajstić information content (AvgIpc) is 3.18. The van der Waals surface area contributed by atoms with Crippen LogP contribution in [0.15, 0.2) is 43.0 Å². The van der Waals surface area contributed by atoms with E-state index in [0.29, 0.717) is 22.1 Å². The number of hydrogen-bond acceptors (Lipinski definition) is 5. The summed E-state index contributed by atoms with van der Waals surface area (Å²) in [6, 6.07) is 5.17. The Morgan fingerprint density at radius 2 is 1.81 bits per heavy atom. The predicted octanol–water partition coefficient (Wildman–Crippen LogP) is 1.49. The molecule has 2 aromatic heterocycles. The molecule has 2 aliphatic heterocycles. The minimum atomic E-state index is -0.0344. The van der Waals surface area contributed by atoms with Gasteiger partial charge in [-0.25, -0.2) is 9.97 Å². The molecule has 7 heteroatoms. The van der Waals surface area contributed by atoms with Crippen LogP contribution >= 0.6 is 0 Å². The maximum atomic E-state index is 12.6. The highest BCUT2D eigenvalue weighted by Crippen LogP contribution is 2.33. The van der Waals surface area contributed by atoms with E-state index in [0.717, 1.165) is 51.4 Å². The quantitative estimate of drug-likeness (QED) is 0.617. The van der Waals surface area contributed by atoms with Crippen molar-refractivity contribution in [2.45, 2.75) is 19.3 Å². The first kappa shape index (κ1) is 16.8. The van der Waals surface area contributed by atoms with E-state index in [1.165, 1.54) is 12.4 Å². The molecule has 7 nitrogen and oxygen atoms in total. The number of piperidine rings is 1. The standard InChI is InChI=1S/C19H23N5O2/c25-18(17-3-1-9-24(26)14-17)23-12-6-16(13-23)15-4-10-22(11-5-15)19-20-7-2-8-21-19/h1-3,7-9,14-16H,4-6,10-13H2/t16-/m0/s1. The van der Waals surface area contributed by atoms with Crippen LogP contribution in [-0.4, -0.2) is 47.0 Å². The van der Waals surface area contributed by atoms with Gasteiger partial charge < -0.3 is 15.0 Å². The number of anilines is 1. The Bertz CT molecular complexity index is 762. The van der Waals surface area contributed by atoms with E-state index in [2.05, 4.69) is 14.9 Å². The van der Waals surface area contributed by atoms with E-state index in [-0.39, 0.29) is 5.91 Å². The van der Waals surface area contributed by atoms with Crippen molar-refractivity contribution in [1.29, 1.82) is 0 Å². The van der Waals surface area contributed by atoms with E-state index in [9.17, 15) is 10.0 Å². The van der Waals surface area contributed by atoms with Gasteiger partial charge >= 0.3 is 0 Å². The summed E-state index contributed by atoms with van der Waals surface area (Å²) in [5.74, 6) is 1.95. The molecule has 1 atom stereocenters. The van der Waals surface area contributed by atoms with Crippen LogP contribution in [0.2, 0.25) is 0 Å². The molecule has 2 fully saturated rings. The Hall–Kier alpha value is -2.70. The molecule has 26 heavy (non-hydrogen) atoms. The van der Waals surface area contributed by atoms with Crippen molar-refractivity contribution in [3.05, 3.63) is 53.8 Å². The molecule has 4 heterocycles. The Balaban J connectivity index is 1.33. The molecule has 0 saturated carbocycles. The Labute approximate surface area is 152 Å². The molecule has 0 unspecified atom stereocenters. The number of aromatic nitrogens is 3. The summed E-state index contributed by atoms with van der Waals surface area (Å²) in [4.78, 5) is 25.4. The van der Waals surface area contributed by atoms with E-state index in [4.69, 9.17) is 0 Å². The van der Waals surface area contributed by atoms with E-state index in [1.54, 1.807) is 24.5 Å². The highest BCUT2D eigenvalue weighted by Gasteiger charge is 2.34. The predicted molar refractivity (Wildman–Crippen MR) is 96.4 cm³/mol. The Morgan fingerprint density at radius 1 is 1.08 bits per heavy atom. The summed E-state index contributed by atoms with van der Waals surface area (Å²) in [5.41, 5.74) is 0.471. The first-order valence-corrected chi connectivity index (χ1v) is 9.21. The lowest BCUT2D eigenvalue weighted by atomic mass is 9.84. The molecule has 0 aliphatic carbocycles. The SMILES string of the molecule is O=C(c1ccc[n+]([O-])c1)N1CC[C@H](C2CCN(c3ncccn3)CC2)C1. The zero-order chi connectivity index (χ0) is 17.9. The third-order valence-electron chi connectivity index (χ3n) is 5.58. The van der Waals surface area contributed by atoms with Crippen molar-refractivity contribution in [2.24, 2.45) is 11.8 Å². The molecule has 0 radical (unpaired) electrons. The number of carbonyl (C=O) groups excluding carboxylic acids is 1. The molecule has 2 aliphatic rings. The molecular weight excluding hydrogens is 330 g/mol. The van der Waals surface area contributed by atoms with Gasteiger partial charge in [0.25, 0.3) is 5.91 Å². The summed E-state index contributed by atoms with van der Waals surface area (Å²) >= 11 is 0. The fraction of sp³-hybridized carbons (Fsp3) is 0.474. The summed E-state index contributed by atoms with van der Waals surface area (Å²) in [6.45, 7) is 3.50. The van der Waals surface area contributed by atoms with Crippen LogP contribution < -0.4 is 9.63 Å². The van der Waals surface area contributed by atoms with Crippen LogP contribution in [0.1, 0.15) is 29.6 Å². The van der Waals surface area contributed by atoms with Crippen molar-refractivity contribution in [1.82, 2.24) is 14.9 Å². The Morgan fingerprint density at radius 3 is 2.54 bits per heavy atom. The van der Waals surface area contributed by atoms with Crippen LogP contribution in [0.5, 0.6) is 0 Å². The van der Waals surface area contributed by atoms with Crippen molar-refractivity contribution in [3.8, 4) is 0 Å². The topological polar surface area (TPSA) is 76.3 Å². The number of rotatable bonds is 3. The maximum absolute atomic E-state index is 12.6. The van der Waals surface area contributed by atoms with Crippen LogP contribution in [0, 0.1) is 17.0 Å². The number of nitrogens with zero attached hydrogens (tertiary/aromatic N) is 5. The fourth-order valence-electron chi connectivity index (χ4n) is 4.15. The van der Waals surface area contributed by atoms with Crippen molar-refractivity contribution in [2.75, 3.05) is 31.1 Å². The smallest absolute Gasteiger partial charge is 0.259 e. The molecule has 2 saturated heterocycles. The second-order valence-electron chi connectivity index (χ2n) is 7.13. The van der Waals surface area contributed by atoms with Gasteiger partial charge in [0.2, 0.25) is 5.95 Å². The molecule has 4 rings (SSSR count). The van der Waals surface area contributed by atoms with Crippen molar-refractivity contribution in [3.63, 3.8) is 0 Å². The third kappa shape index (κ3) is 3.47. The molecule has 0 spiro atoms. The van der Waals surface area contributed by atoms with Gasteiger partial charge in [0, 0.05) is 44.6 Å². The number of hydrogen-bond donors (Lipinski definition) is 0. The summed E-state index contributed by atoms with van der Waals surface area (Å²) < 4.78 is 0.683. The first-order valence-electron chi connectivity index (χ1n) is 9.21. The minimum absolute atomic E-state index is 0.0344. The maximum Gasteiger partial charge on any atom is 0.259 e. The van der Waals surface area contributed by atoms with Gasteiger partial charge in [0.1, 0.15) is 5.56 Å². The fourth-order valence-corrected chi connectivity index (χ4v) is 4.15. The van der Waals surface area contributed by atoms with Crippen LogP contribution in [0.25, 0.3) is 0 Å². The second-order valence-corrected chi connectivity index (χ2v) is 7.13. The van der Waals surface area contributed by atoms with Gasteiger partial charge in [0.15, 0.2) is 12.4 Å². The lowest BCUT2D eigenvalue weighted by Gasteiger charge is -2.34. The van der Waals surface area contributed by atoms with E-state index < -0.39 is 0 Å². The van der Waals surface area contributed by atoms with E-state index >= 15 is 0 Å². The van der Waals surface area contributed by atoms with Gasteiger partial charge in [-0.2, -0.15) is 4.73 Å². The van der Waals surface area contributed by atoms with Crippen molar-refractivity contribution >= 4 is 11.9 Å². The van der Waals surface area contributed by atoms with Crippen LogP contribution in [0.4, 0.5) is 5.95 Å². The molecule has 1 amide bonds. The minimum Gasteiger partial charge on any atom is -0.619 e. The van der Waals surface area contributed by atoms with Crippen molar-refractivity contribution < 1.29 is 9.52 Å². The molecule has 2 aromatic rings. The molecule has 0 aromatic carbocycles. The Kier molecular flexibility index (Phi) is 4.69. The molecule has 136 valence electrons. The van der Waals surface area contributed by atoms with Gasteiger partial charge in [0.05, 0.1) is 0 Å². The van der Waals surface area contributed by atoms with Gasteiger partial charge in [-0.3, -0.25) is 4.79 Å². The van der Waals surface area contributed by atoms with Crippen LogP contribution in [-0.2, 0) is 0 Å². The largest absolute Gasteiger partial charge is 0.619 e. The summed E-state index contributed by atoms with van der Waals surface area (Å²) in [6.07, 6.45) is 9.58. The van der Waals surface area contributed by atoms with Crippen LogP contribution in [0.3, 0.4) is 0 Å². The highest BCUT2D eigenvalue weighted by atomic mass is 16.5. The normalized spacial score (nSPS) is 21.2. The van der Waals surface area contributed by atoms with Gasteiger partial charge in [-0.15, -0.1) is 0 Å². The zero-order valence-corrected chi connectivity index (χ0v) is 14.7. The lowest BCUT2D eigenvalue weighted by molar-refractivity contribution is -0.605. The van der Waals surface area contributed by atoms with E-state index in [1.807, 2.05) is 11.0 Å². The molecular formula is C19H23N5O2. The summed E-state index contributed by atoms with van der Waals surface area (Å²) in [7, 11) is 0. The number of pyridine rings is 1.